The van der Waals surface area contributed by atoms with E-state index >= 15 is 0 Å². The van der Waals surface area contributed by atoms with Crippen molar-refractivity contribution in [3.63, 3.8) is 0 Å². The normalized spacial score (nSPS) is 21.9. The SMILES string of the molecule is O=CCNP(OCC1(C(F)F)CCC(n2cc(F)c(=O)[nH]c2=O)O1)Oc1ccccc1. The van der Waals surface area contributed by atoms with Crippen LogP contribution in [0.3, 0.4) is 0 Å². The molecule has 13 heteroatoms. The van der Waals surface area contributed by atoms with Crippen molar-refractivity contribution in [2.24, 2.45) is 0 Å². The van der Waals surface area contributed by atoms with E-state index in [1.54, 1.807) is 35.3 Å². The van der Waals surface area contributed by atoms with Gasteiger partial charge < -0.3 is 18.6 Å². The Labute approximate surface area is 175 Å². The van der Waals surface area contributed by atoms with Crippen molar-refractivity contribution in [1.29, 1.82) is 0 Å². The Bertz CT molecular complexity index is 1010. The van der Waals surface area contributed by atoms with Crippen LogP contribution in [0, 0.1) is 5.82 Å². The molecule has 0 amide bonds. The van der Waals surface area contributed by atoms with Crippen molar-refractivity contribution in [3.8, 4) is 5.75 Å². The first kappa shape index (κ1) is 23.1. The number of para-hydroxylation sites is 1. The number of nitrogens with one attached hydrogen (secondary N) is 2. The van der Waals surface area contributed by atoms with Gasteiger partial charge in [-0.05, 0) is 25.0 Å². The minimum atomic E-state index is -3.00. The van der Waals surface area contributed by atoms with Crippen LogP contribution in [0.25, 0.3) is 0 Å². The molecule has 0 spiro atoms. The fraction of sp³-hybridized carbons (Fsp3) is 0.389. The number of ether oxygens (including phenoxy) is 1. The summed E-state index contributed by atoms with van der Waals surface area (Å²) in [6.45, 7) is -0.748. The molecule has 0 saturated carbocycles. The van der Waals surface area contributed by atoms with Crippen LogP contribution in [0.15, 0.2) is 46.1 Å². The molecule has 1 aliphatic heterocycles. The van der Waals surface area contributed by atoms with Crippen molar-refractivity contribution < 1.29 is 31.8 Å². The first-order chi connectivity index (χ1) is 14.8. The van der Waals surface area contributed by atoms with E-state index in [1.165, 1.54) is 0 Å². The molecule has 0 radical (unpaired) electrons. The number of aromatic amines is 1. The van der Waals surface area contributed by atoms with Crippen molar-refractivity contribution in [2.75, 3.05) is 13.2 Å². The van der Waals surface area contributed by atoms with Crippen LogP contribution >= 0.6 is 8.53 Å². The minimum absolute atomic E-state index is 0.0433. The summed E-state index contributed by atoms with van der Waals surface area (Å²) < 4.78 is 58.6. The summed E-state index contributed by atoms with van der Waals surface area (Å²) in [6, 6.07) is 8.42. The minimum Gasteiger partial charge on any atom is -0.436 e. The van der Waals surface area contributed by atoms with Gasteiger partial charge in [0.2, 0.25) is 5.82 Å². The summed E-state index contributed by atoms with van der Waals surface area (Å²) in [5, 5.41) is 2.67. The molecule has 1 aromatic heterocycles. The maximum atomic E-state index is 13.9. The van der Waals surface area contributed by atoms with Crippen LogP contribution < -0.4 is 20.9 Å². The second-order valence-corrected chi connectivity index (χ2v) is 7.86. The first-order valence-electron chi connectivity index (χ1n) is 9.15. The third kappa shape index (κ3) is 5.59. The molecule has 31 heavy (non-hydrogen) atoms. The van der Waals surface area contributed by atoms with Gasteiger partial charge in [-0.3, -0.25) is 14.3 Å². The Balaban J connectivity index is 1.73. The largest absolute Gasteiger partial charge is 0.436 e. The summed E-state index contributed by atoms with van der Waals surface area (Å²) in [6.07, 6.45) is -3.29. The summed E-state index contributed by atoms with van der Waals surface area (Å²) >= 11 is 0. The van der Waals surface area contributed by atoms with E-state index in [1.807, 2.05) is 0 Å². The molecule has 168 valence electrons. The number of H-pyrrole nitrogens is 1. The third-order valence-corrected chi connectivity index (χ3v) is 5.66. The number of alkyl halides is 2. The second kappa shape index (κ2) is 10.2. The number of benzene rings is 1. The molecule has 1 saturated heterocycles. The van der Waals surface area contributed by atoms with Crippen LogP contribution in [0.5, 0.6) is 5.75 Å². The van der Waals surface area contributed by atoms with Crippen molar-refractivity contribution in [2.45, 2.75) is 31.1 Å². The maximum absolute atomic E-state index is 13.9. The van der Waals surface area contributed by atoms with E-state index < -0.39 is 50.5 Å². The number of nitrogens with zero attached hydrogens (tertiary/aromatic N) is 1. The summed E-state index contributed by atoms with van der Waals surface area (Å²) in [7, 11) is -1.97. The molecule has 2 heterocycles. The lowest BCUT2D eigenvalue weighted by molar-refractivity contribution is -0.165. The molecule has 0 aliphatic carbocycles. The van der Waals surface area contributed by atoms with Gasteiger partial charge in [0, 0.05) is 0 Å². The number of aldehydes is 1. The third-order valence-electron chi connectivity index (χ3n) is 4.48. The van der Waals surface area contributed by atoms with Crippen LogP contribution in [0.4, 0.5) is 13.2 Å². The van der Waals surface area contributed by atoms with Gasteiger partial charge in [0.1, 0.15) is 18.3 Å². The average Bonchev–Trinajstić information content (AvgIpc) is 3.19. The Kier molecular flexibility index (Phi) is 7.60. The Morgan fingerprint density at radius 3 is 2.77 bits per heavy atom. The zero-order valence-corrected chi connectivity index (χ0v) is 16.9. The predicted molar refractivity (Wildman–Crippen MR) is 103 cm³/mol. The molecule has 2 N–H and O–H groups in total. The Morgan fingerprint density at radius 2 is 2.10 bits per heavy atom. The highest BCUT2D eigenvalue weighted by Gasteiger charge is 2.49. The van der Waals surface area contributed by atoms with Crippen LogP contribution in [-0.2, 0) is 14.1 Å². The molecule has 1 aliphatic rings. The van der Waals surface area contributed by atoms with E-state index in [2.05, 4.69) is 5.09 Å². The molecule has 3 rings (SSSR count). The Hall–Kier alpha value is -2.53. The highest BCUT2D eigenvalue weighted by molar-refractivity contribution is 7.45. The number of carbonyl (C=O) groups is 1. The molecular formula is C18H19F3N3O6P. The lowest BCUT2D eigenvalue weighted by Crippen LogP contribution is -2.43. The molecule has 2 aromatic rings. The molecule has 3 atom stereocenters. The highest BCUT2D eigenvalue weighted by atomic mass is 31.2. The van der Waals surface area contributed by atoms with Crippen LogP contribution in [0.2, 0.25) is 0 Å². The van der Waals surface area contributed by atoms with Gasteiger partial charge in [-0.1, -0.05) is 18.2 Å². The van der Waals surface area contributed by atoms with E-state index in [0.29, 0.717) is 18.2 Å². The first-order valence-corrected chi connectivity index (χ1v) is 10.3. The number of carbonyl (C=O) groups excluding carboxylic acids is 1. The zero-order chi connectivity index (χ0) is 22.4. The van der Waals surface area contributed by atoms with E-state index in [-0.39, 0.29) is 19.4 Å². The summed E-state index contributed by atoms with van der Waals surface area (Å²) in [4.78, 5) is 35.6. The second-order valence-electron chi connectivity index (χ2n) is 6.58. The monoisotopic (exact) mass is 461 g/mol. The van der Waals surface area contributed by atoms with E-state index in [0.717, 1.165) is 4.57 Å². The zero-order valence-electron chi connectivity index (χ0n) is 16.0. The molecule has 1 aromatic carbocycles. The van der Waals surface area contributed by atoms with Gasteiger partial charge in [0.25, 0.3) is 12.0 Å². The lowest BCUT2D eigenvalue weighted by atomic mass is 10.0. The van der Waals surface area contributed by atoms with Gasteiger partial charge >= 0.3 is 14.2 Å². The number of aromatic nitrogens is 2. The summed E-state index contributed by atoms with van der Waals surface area (Å²) in [5.41, 5.74) is -4.29. The van der Waals surface area contributed by atoms with E-state index in [9.17, 15) is 27.6 Å². The standard InChI is InChI=1S/C18H19F3N3O6P/c19-13-10-24(17(27)23-15(13)26)14-6-7-18(29-14,16(20)21)11-28-31(22-8-9-25)30-12-4-2-1-3-5-12/h1-5,9-10,14,16,22H,6-8,11H2,(H,23,26,27). The van der Waals surface area contributed by atoms with Crippen LogP contribution in [-0.4, -0.2) is 41.0 Å². The van der Waals surface area contributed by atoms with Gasteiger partial charge in [-0.2, -0.15) is 4.39 Å². The van der Waals surface area contributed by atoms with Gasteiger partial charge in [-0.15, -0.1) is 0 Å². The molecule has 9 nitrogen and oxygen atoms in total. The fourth-order valence-corrected chi connectivity index (χ4v) is 4.00. The van der Waals surface area contributed by atoms with E-state index in [4.69, 9.17) is 13.8 Å². The van der Waals surface area contributed by atoms with Gasteiger partial charge in [-0.25, -0.2) is 18.7 Å². The topological polar surface area (TPSA) is 112 Å². The highest BCUT2D eigenvalue weighted by Crippen LogP contribution is 2.44. The number of hydrogen-bond acceptors (Lipinski definition) is 7. The average molecular weight is 461 g/mol. The van der Waals surface area contributed by atoms with Gasteiger partial charge in [0.05, 0.1) is 19.3 Å². The summed E-state index contributed by atoms with van der Waals surface area (Å²) in [5.74, 6) is -0.842. The quantitative estimate of drug-likeness (QED) is 0.412. The predicted octanol–water partition coefficient (Wildman–Crippen LogP) is 2.10. The smallest absolute Gasteiger partial charge is 0.330 e. The molecule has 0 bridgehead atoms. The molecule has 3 unspecified atom stereocenters. The maximum Gasteiger partial charge on any atom is 0.330 e. The molecule has 1 fully saturated rings. The van der Waals surface area contributed by atoms with Crippen molar-refractivity contribution in [3.05, 3.63) is 63.2 Å². The number of hydrogen-bond donors (Lipinski definition) is 2. The van der Waals surface area contributed by atoms with Crippen molar-refractivity contribution in [1.82, 2.24) is 14.6 Å². The van der Waals surface area contributed by atoms with Crippen LogP contribution in [0.1, 0.15) is 19.1 Å². The molecular weight excluding hydrogens is 442 g/mol. The Morgan fingerprint density at radius 1 is 1.35 bits per heavy atom. The van der Waals surface area contributed by atoms with Gasteiger partial charge in [0.15, 0.2) is 5.60 Å². The number of rotatable bonds is 10. The number of halogens is 3. The van der Waals surface area contributed by atoms with Crippen molar-refractivity contribution >= 4 is 14.8 Å². The fourth-order valence-electron chi connectivity index (χ4n) is 2.92. The lowest BCUT2D eigenvalue weighted by Gasteiger charge is -2.30.